The van der Waals surface area contributed by atoms with Crippen LogP contribution in [0.4, 0.5) is 5.69 Å². The fourth-order valence-electron chi connectivity index (χ4n) is 7.58. The van der Waals surface area contributed by atoms with Crippen LogP contribution in [-0.4, -0.2) is 52.2 Å². The Bertz CT molecular complexity index is 2870. The summed E-state index contributed by atoms with van der Waals surface area (Å²) in [6.07, 6.45) is 7.95. The number of fused-ring (bicyclic) bond motifs is 8. The summed E-state index contributed by atoms with van der Waals surface area (Å²) in [6, 6.07) is 37.5. The number of nitro groups is 1. The summed E-state index contributed by atoms with van der Waals surface area (Å²) in [7, 11) is 4.63. The highest BCUT2D eigenvalue weighted by molar-refractivity contribution is 6.00. The number of nitro benzene ring substituents is 1. The second kappa shape index (κ2) is 15.1. The largest absolute Gasteiger partial charge is 0.497 e. The number of esters is 1. The number of carbonyl (C=O) groups excluding carboxylic acids is 1. The lowest BCUT2D eigenvalue weighted by atomic mass is 10.0. The average molecular weight is 778 g/mol. The normalized spacial score (nSPS) is 11.7. The highest BCUT2D eigenvalue weighted by Crippen LogP contribution is 2.39. The molecule has 3 aromatic heterocycles. The Labute approximate surface area is 338 Å². The van der Waals surface area contributed by atoms with Crippen LogP contribution in [0.15, 0.2) is 121 Å². The van der Waals surface area contributed by atoms with Crippen molar-refractivity contribution in [1.82, 2.24) is 19.9 Å². The van der Waals surface area contributed by atoms with E-state index in [9.17, 15) is 14.9 Å². The minimum absolute atomic E-state index is 0.00101. The molecular formula is C48H35N5O6. The van der Waals surface area contributed by atoms with Gasteiger partial charge in [-0.2, -0.15) is 0 Å². The molecule has 0 saturated carbocycles. The van der Waals surface area contributed by atoms with E-state index in [2.05, 4.69) is 9.97 Å². The van der Waals surface area contributed by atoms with E-state index in [1.807, 2.05) is 109 Å². The number of aromatic nitrogens is 4. The van der Waals surface area contributed by atoms with Crippen LogP contribution < -0.4 is 9.47 Å². The van der Waals surface area contributed by atoms with E-state index in [1.165, 1.54) is 19.2 Å². The van der Waals surface area contributed by atoms with Crippen molar-refractivity contribution in [2.24, 2.45) is 0 Å². The Morgan fingerprint density at radius 1 is 0.492 bits per heavy atom. The Kier molecular flexibility index (Phi) is 9.38. The molecule has 8 bridgehead atoms. The van der Waals surface area contributed by atoms with E-state index < -0.39 is 10.9 Å². The molecule has 0 spiro atoms. The average Bonchev–Trinajstić information content (AvgIpc) is 4.12. The quantitative estimate of drug-likeness (QED) is 0.0881. The molecule has 0 fully saturated rings. The fraction of sp³-hybridized carbons (Fsp3) is 0.0625. The molecular weight excluding hydrogens is 743 g/mol. The Morgan fingerprint density at radius 3 is 1.25 bits per heavy atom. The minimum atomic E-state index is -0.427. The number of nitrogens with one attached hydrogen (secondary N) is 2. The highest BCUT2D eigenvalue weighted by Gasteiger charge is 2.20. The molecule has 9 rings (SSSR count). The number of methoxy groups -OCH3 is 3. The Morgan fingerprint density at radius 2 is 0.847 bits per heavy atom. The maximum atomic E-state index is 12.4. The molecule has 288 valence electrons. The van der Waals surface area contributed by atoms with Crippen LogP contribution in [0.25, 0.3) is 90.9 Å². The van der Waals surface area contributed by atoms with Crippen molar-refractivity contribution in [2.45, 2.75) is 0 Å². The van der Waals surface area contributed by atoms with Gasteiger partial charge in [0.15, 0.2) is 0 Å². The van der Waals surface area contributed by atoms with Gasteiger partial charge in [0.1, 0.15) is 11.5 Å². The van der Waals surface area contributed by atoms with Crippen molar-refractivity contribution in [2.75, 3.05) is 21.3 Å². The van der Waals surface area contributed by atoms with Gasteiger partial charge in [-0.1, -0.05) is 36.4 Å². The van der Waals surface area contributed by atoms with Crippen LogP contribution in [0, 0.1) is 10.1 Å². The maximum absolute atomic E-state index is 12.4. The van der Waals surface area contributed by atoms with Gasteiger partial charge in [0.25, 0.3) is 5.69 Å². The van der Waals surface area contributed by atoms with Crippen molar-refractivity contribution in [1.29, 1.82) is 0 Å². The minimum Gasteiger partial charge on any atom is -0.497 e. The molecule has 2 aliphatic rings. The third-order valence-corrected chi connectivity index (χ3v) is 10.5. The lowest BCUT2D eigenvalue weighted by molar-refractivity contribution is -0.384. The number of rotatable bonds is 8. The molecule has 0 unspecified atom stereocenters. The molecule has 59 heavy (non-hydrogen) atoms. The van der Waals surface area contributed by atoms with Crippen molar-refractivity contribution >= 4 is 58.0 Å². The summed E-state index contributed by atoms with van der Waals surface area (Å²) >= 11 is 0. The predicted molar refractivity (Wildman–Crippen MR) is 232 cm³/mol. The van der Waals surface area contributed by atoms with Crippen molar-refractivity contribution < 1.29 is 23.9 Å². The van der Waals surface area contributed by atoms with Gasteiger partial charge in [-0.25, -0.2) is 14.8 Å². The van der Waals surface area contributed by atoms with Crippen molar-refractivity contribution in [3.05, 3.63) is 160 Å². The molecule has 7 aromatic rings. The van der Waals surface area contributed by atoms with E-state index in [4.69, 9.17) is 24.2 Å². The standard InChI is InChI=1S/C48H35N5O6/c1-57-34-16-10-30(11-17-34)46-40-24-20-36(49-40)44(28-4-6-32(7-5-28)48(54)59-3)37-21-25-41(50-37)47(31-12-18-35(58-2)19-13-31)43-27-23-39(52-43)45(38-22-26-42(46)51-38)29-8-14-33(15-9-29)53(55)56/h4-27,51-52H,1-3H3. The second-order valence-corrected chi connectivity index (χ2v) is 13.8. The first-order chi connectivity index (χ1) is 28.8. The SMILES string of the molecule is COC(=O)c1ccc(-c2c3nc(c(-c4ccc(OC)cc4)c4ccc([nH]4)c(-c4ccc([N+](=O)[O-])cc4)c4ccc([nH]4)c(-c4ccc(OC)cc4)c4nc2C=C4)C=C3)cc1. The third kappa shape index (κ3) is 6.80. The van der Waals surface area contributed by atoms with Crippen LogP contribution in [-0.2, 0) is 4.74 Å². The summed E-state index contributed by atoms with van der Waals surface area (Å²) in [5.41, 5.74) is 13.1. The molecule has 0 aliphatic carbocycles. The van der Waals surface area contributed by atoms with E-state index in [-0.39, 0.29) is 5.69 Å². The molecule has 2 N–H and O–H groups in total. The van der Waals surface area contributed by atoms with Crippen molar-refractivity contribution in [3.8, 4) is 56.0 Å². The number of hydrogen-bond acceptors (Lipinski definition) is 8. The topological polar surface area (TPSA) is 145 Å². The number of hydrogen-bond donors (Lipinski definition) is 2. The van der Waals surface area contributed by atoms with Crippen LogP contribution in [0.1, 0.15) is 33.1 Å². The number of ether oxygens (including phenoxy) is 3. The smallest absolute Gasteiger partial charge is 0.337 e. The Hall–Kier alpha value is -8.05. The molecule has 11 nitrogen and oxygen atoms in total. The number of non-ortho nitro benzene ring substituents is 1. The predicted octanol–water partition coefficient (Wildman–Crippen LogP) is 11.0. The zero-order valence-corrected chi connectivity index (χ0v) is 32.1. The zero-order chi connectivity index (χ0) is 40.6. The van der Waals surface area contributed by atoms with E-state index in [0.29, 0.717) is 28.3 Å². The van der Waals surface area contributed by atoms with Gasteiger partial charge in [0, 0.05) is 56.5 Å². The highest BCUT2D eigenvalue weighted by atomic mass is 16.6. The second-order valence-electron chi connectivity index (χ2n) is 13.8. The molecule has 0 amide bonds. The molecule has 2 aliphatic heterocycles. The number of H-pyrrole nitrogens is 2. The van der Waals surface area contributed by atoms with Gasteiger partial charge in [-0.15, -0.1) is 0 Å². The first-order valence-corrected chi connectivity index (χ1v) is 18.7. The van der Waals surface area contributed by atoms with E-state index >= 15 is 0 Å². The summed E-state index contributed by atoms with van der Waals surface area (Å²) in [5, 5.41) is 11.7. The van der Waals surface area contributed by atoms with Crippen LogP contribution in [0.2, 0.25) is 0 Å². The first-order valence-electron chi connectivity index (χ1n) is 18.7. The van der Waals surface area contributed by atoms with Crippen molar-refractivity contribution in [3.63, 3.8) is 0 Å². The van der Waals surface area contributed by atoms with Gasteiger partial charge in [0.05, 0.1) is 54.6 Å². The van der Waals surface area contributed by atoms with E-state index in [0.717, 1.165) is 78.1 Å². The number of aromatic amines is 2. The zero-order valence-electron chi connectivity index (χ0n) is 32.1. The van der Waals surface area contributed by atoms with Crippen LogP contribution in [0.5, 0.6) is 11.5 Å². The van der Waals surface area contributed by atoms with E-state index in [1.54, 1.807) is 38.5 Å². The molecule has 4 aromatic carbocycles. The Balaban J connectivity index is 1.42. The molecule has 0 radical (unpaired) electrons. The summed E-state index contributed by atoms with van der Waals surface area (Å²) in [6.45, 7) is 0. The number of nitrogens with zero attached hydrogens (tertiary/aromatic N) is 3. The molecule has 0 saturated heterocycles. The van der Waals surface area contributed by atoms with Gasteiger partial charge < -0.3 is 24.2 Å². The molecule has 0 atom stereocenters. The number of benzene rings is 4. The molecule has 11 heteroatoms. The lowest BCUT2D eigenvalue weighted by Crippen LogP contribution is -2.00. The first kappa shape index (κ1) is 36.6. The maximum Gasteiger partial charge on any atom is 0.337 e. The number of carbonyl (C=O) groups is 1. The molecule has 5 heterocycles. The van der Waals surface area contributed by atoms with Gasteiger partial charge in [-0.05, 0) is 119 Å². The van der Waals surface area contributed by atoms with Gasteiger partial charge in [0.2, 0.25) is 0 Å². The summed E-state index contributed by atoms with van der Waals surface area (Å²) in [5.74, 6) is 1.01. The monoisotopic (exact) mass is 777 g/mol. The summed E-state index contributed by atoms with van der Waals surface area (Å²) in [4.78, 5) is 41.7. The third-order valence-electron chi connectivity index (χ3n) is 10.5. The van der Waals surface area contributed by atoms with Gasteiger partial charge in [-0.3, -0.25) is 10.1 Å². The summed E-state index contributed by atoms with van der Waals surface area (Å²) < 4.78 is 16.0. The fourth-order valence-corrected chi connectivity index (χ4v) is 7.58. The van der Waals surface area contributed by atoms with Crippen LogP contribution in [0.3, 0.4) is 0 Å². The lowest BCUT2D eigenvalue weighted by Gasteiger charge is -2.08. The van der Waals surface area contributed by atoms with Crippen LogP contribution >= 0.6 is 0 Å². The van der Waals surface area contributed by atoms with Gasteiger partial charge >= 0.3 is 5.97 Å².